The summed E-state index contributed by atoms with van der Waals surface area (Å²) < 4.78 is 31.3. The van der Waals surface area contributed by atoms with Crippen LogP contribution >= 0.6 is 0 Å². The Morgan fingerprint density at radius 1 is 1.11 bits per heavy atom. The molecule has 0 aromatic heterocycles. The lowest BCUT2D eigenvalue weighted by atomic mass is 9.96. The van der Waals surface area contributed by atoms with E-state index in [9.17, 15) is 23.2 Å². The summed E-state index contributed by atoms with van der Waals surface area (Å²) in [5, 5.41) is 2.71. The van der Waals surface area contributed by atoms with E-state index < -0.39 is 41.6 Å². The van der Waals surface area contributed by atoms with E-state index in [4.69, 9.17) is 4.74 Å². The van der Waals surface area contributed by atoms with Crippen molar-refractivity contribution in [1.29, 1.82) is 0 Å². The molecular weight excluding hydrogens is 358 g/mol. The van der Waals surface area contributed by atoms with E-state index in [0.29, 0.717) is 17.4 Å². The van der Waals surface area contributed by atoms with Gasteiger partial charge in [-0.05, 0) is 38.1 Å². The summed E-state index contributed by atoms with van der Waals surface area (Å²) in [4.78, 5) is 38.3. The molecule has 0 radical (unpaired) electrons. The number of nitrogens with one attached hydrogen (secondary N) is 1. The minimum absolute atomic E-state index is 0.351. The number of anilines is 2. The average molecular weight is 374 g/mol. The van der Waals surface area contributed by atoms with Crippen molar-refractivity contribution in [3.63, 3.8) is 0 Å². The maximum Gasteiger partial charge on any atom is 0.338 e. The molecule has 0 saturated heterocycles. The monoisotopic (exact) mass is 374 g/mol. The number of ether oxygens (including phenoxy) is 1. The van der Waals surface area contributed by atoms with E-state index in [1.54, 1.807) is 38.1 Å². The Hall–Kier alpha value is -3.29. The van der Waals surface area contributed by atoms with Crippen LogP contribution in [0.5, 0.6) is 0 Å². The summed E-state index contributed by atoms with van der Waals surface area (Å²) in [5.74, 6) is -3.96. The first-order valence-corrected chi connectivity index (χ1v) is 8.07. The molecule has 27 heavy (non-hydrogen) atoms. The van der Waals surface area contributed by atoms with E-state index in [1.165, 1.54) is 4.90 Å². The molecule has 0 bridgehead atoms. The summed E-state index contributed by atoms with van der Waals surface area (Å²) >= 11 is 0. The summed E-state index contributed by atoms with van der Waals surface area (Å²) in [6.45, 7) is 2.42. The van der Waals surface area contributed by atoms with Gasteiger partial charge >= 0.3 is 5.97 Å². The van der Waals surface area contributed by atoms with E-state index >= 15 is 0 Å². The van der Waals surface area contributed by atoms with Crippen LogP contribution in [0.15, 0.2) is 42.5 Å². The summed E-state index contributed by atoms with van der Waals surface area (Å²) in [6.07, 6.45) is 0. The average Bonchev–Trinajstić information content (AvgIpc) is 2.59. The number of hydrogen-bond acceptors (Lipinski definition) is 4. The molecule has 2 aromatic rings. The second-order valence-corrected chi connectivity index (χ2v) is 6.49. The fraction of sp³-hybridized carbons (Fsp3) is 0.211. The van der Waals surface area contributed by atoms with Crippen LogP contribution in [0, 0.1) is 11.6 Å². The van der Waals surface area contributed by atoms with Gasteiger partial charge in [0.1, 0.15) is 17.2 Å². The minimum atomic E-state index is -1.22. The Morgan fingerprint density at radius 2 is 1.74 bits per heavy atom. The van der Waals surface area contributed by atoms with E-state index in [1.807, 2.05) is 0 Å². The number of para-hydroxylation sites is 2. The molecule has 140 valence electrons. The van der Waals surface area contributed by atoms with Gasteiger partial charge in [-0.25, -0.2) is 13.6 Å². The van der Waals surface area contributed by atoms with E-state index in [0.717, 1.165) is 12.1 Å². The standard InChI is InChI=1S/C19H16F2N2O4/c1-19(2)18(26)22-14-5-3-4-6-15(14)23(19)16(24)10-27-17(25)11-7-12(20)9-13(21)8-11/h3-9H,10H2,1-2H3,(H,22,26). The molecule has 2 aromatic carbocycles. The number of rotatable bonds is 3. The first-order chi connectivity index (χ1) is 12.7. The highest BCUT2D eigenvalue weighted by Gasteiger charge is 2.43. The molecule has 0 saturated carbocycles. The molecule has 8 heteroatoms. The van der Waals surface area contributed by atoms with Crippen LogP contribution in [-0.4, -0.2) is 29.9 Å². The van der Waals surface area contributed by atoms with Gasteiger partial charge in [0.15, 0.2) is 6.61 Å². The van der Waals surface area contributed by atoms with Crippen molar-refractivity contribution >= 4 is 29.2 Å². The van der Waals surface area contributed by atoms with Crippen molar-refractivity contribution in [2.24, 2.45) is 0 Å². The quantitative estimate of drug-likeness (QED) is 0.839. The van der Waals surface area contributed by atoms with Crippen molar-refractivity contribution in [3.05, 3.63) is 59.7 Å². The molecule has 0 fully saturated rings. The van der Waals surface area contributed by atoms with E-state index in [2.05, 4.69) is 5.32 Å². The molecule has 0 spiro atoms. The lowest BCUT2D eigenvalue weighted by molar-refractivity contribution is -0.128. The molecule has 1 aliphatic rings. The highest BCUT2D eigenvalue weighted by Crippen LogP contribution is 2.36. The number of amides is 2. The van der Waals surface area contributed by atoms with Gasteiger partial charge in [-0.1, -0.05) is 12.1 Å². The Labute approximate surface area is 153 Å². The van der Waals surface area contributed by atoms with Crippen molar-refractivity contribution in [1.82, 2.24) is 0 Å². The van der Waals surface area contributed by atoms with Gasteiger partial charge in [0.25, 0.3) is 5.91 Å². The van der Waals surface area contributed by atoms with Crippen molar-refractivity contribution in [3.8, 4) is 0 Å². The summed E-state index contributed by atoms with van der Waals surface area (Å²) in [6, 6.07) is 8.94. The third-order valence-corrected chi connectivity index (χ3v) is 4.18. The van der Waals surface area contributed by atoms with Crippen LogP contribution in [-0.2, 0) is 14.3 Å². The largest absolute Gasteiger partial charge is 0.452 e. The van der Waals surface area contributed by atoms with Crippen LogP contribution in [0.1, 0.15) is 24.2 Å². The molecule has 0 atom stereocenters. The highest BCUT2D eigenvalue weighted by molar-refractivity contribution is 6.14. The van der Waals surface area contributed by atoms with Gasteiger partial charge in [0.2, 0.25) is 5.91 Å². The number of hydrogen-bond donors (Lipinski definition) is 1. The molecule has 0 aliphatic carbocycles. The molecular formula is C19H16F2N2O4. The van der Waals surface area contributed by atoms with Crippen LogP contribution < -0.4 is 10.2 Å². The maximum absolute atomic E-state index is 13.2. The molecule has 1 aliphatic heterocycles. The first-order valence-electron chi connectivity index (χ1n) is 8.07. The smallest absolute Gasteiger partial charge is 0.338 e. The molecule has 3 rings (SSSR count). The Kier molecular flexibility index (Phi) is 4.65. The number of fused-ring (bicyclic) bond motifs is 1. The Bertz CT molecular complexity index is 923. The van der Waals surface area contributed by atoms with Gasteiger partial charge in [-0.3, -0.25) is 14.5 Å². The molecule has 2 amide bonds. The van der Waals surface area contributed by atoms with Crippen molar-refractivity contribution in [2.75, 3.05) is 16.8 Å². The SMILES string of the molecule is CC1(C)C(=O)Nc2ccccc2N1C(=O)COC(=O)c1cc(F)cc(F)c1. The Morgan fingerprint density at radius 3 is 2.41 bits per heavy atom. The van der Waals surface area contributed by atoms with Crippen molar-refractivity contribution < 1.29 is 27.9 Å². The summed E-state index contributed by atoms with van der Waals surface area (Å²) in [7, 11) is 0. The zero-order valence-corrected chi connectivity index (χ0v) is 14.6. The molecule has 1 heterocycles. The maximum atomic E-state index is 13.2. The molecule has 6 nitrogen and oxygen atoms in total. The van der Waals surface area contributed by atoms with Gasteiger partial charge in [0.05, 0.1) is 16.9 Å². The number of carbonyl (C=O) groups is 3. The number of halogens is 2. The lowest BCUT2D eigenvalue weighted by Gasteiger charge is -2.41. The number of carbonyl (C=O) groups excluding carboxylic acids is 3. The zero-order chi connectivity index (χ0) is 19.8. The lowest BCUT2D eigenvalue weighted by Crippen LogP contribution is -2.59. The fourth-order valence-electron chi connectivity index (χ4n) is 2.85. The van der Waals surface area contributed by atoms with Crippen LogP contribution in [0.4, 0.5) is 20.2 Å². The number of nitrogens with zero attached hydrogens (tertiary/aromatic N) is 1. The predicted molar refractivity (Wildman–Crippen MR) is 93.3 cm³/mol. The first kappa shape index (κ1) is 18.5. The van der Waals surface area contributed by atoms with Gasteiger partial charge < -0.3 is 10.1 Å². The minimum Gasteiger partial charge on any atom is -0.452 e. The molecule has 1 N–H and O–H groups in total. The van der Waals surface area contributed by atoms with Gasteiger partial charge in [0, 0.05) is 6.07 Å². The second-order valence-electron chi connectivity index (χ2n) is 6.49. The molecule has 0 unspecified atom stereocenters. The second kappa shape index (κ2) is 6.79. The zero-order valence-electron chi connectivity index (χ0n) is 14.6. The van der Waals surface area contributed by atoms with Gasteiger partial charge in [-0.2, -0.15) is 0 Å². The third kappa shape index (κ3) is 3.51. The topological polar surface area (TPSA) is 75.7 Å². The normalized spacial score (nSPS) is 15.0. The number of esters is 1. The number of benzene rings is 2. The van der Waals surface area contributed by atoms with Crippen LogP contribution in [0.2, 0.25) is 0 Å². The fourth-order valence-corrected chi connectivity index (χ4v) is 2.85. The van der Waals surface area contributed by atoms with Crippen molar-refractivity contribution in [2.45, 2.75) is 19.4 Å². The highest BCUT2D eigenvalue weighted by atomic mass is 19.1. The predicted octanol–water partition coefficient (Wildman–Crippen LogP) is 2.89. The van der Waals surface area contributed by atoms with Crippen LogP contribution in [0.3, 0.4) is 0 Å². The van der Waals surface area contributed by atoms with Gasteiger partial charge in [-0.15, -0.1) is 0 Å². The third-order valence-electron chi connectivity index (χ3n) is 4.18. The van der Waals surface area contributed by atoms with E-state index in [-0.39, 0.29) is 5.56 Å². The summed E-state index contributed by atoms with van der Waals surface area (Å²) in [5.41, 5.74) is -0.659. The Balaban J connectivity index is 1.81. The van der Waals surface area contributed by atoms with Crippen LogP contribution in [0.25, 0.3) is 0 Å².